The molecule has 0 aromatic carbocycles. The Bertz CT molecular complexity index is 401. The molecule has 4 nitrogen and oxygen atoms in total. The van der Waals surface area contributed by atoms with Gasteiger partial charge in [0.25, 0.3) is 0 Å². The van der Waals surface area contributed by atoms with Crippen molar-refractivity contribution in [2.75, 3.05) is 31.1 Å². The van der Waals surface area contributed by atoms with E-state index in [-0.39, 0.29) is 6.04 Å². The van der Waals surface area contributed by atoms with Crippen molar-refractivity contribution in [2.24, 2.45) is 5.73 Å². The number of pyridine rings is 1. The Hall–Kier alpha value is -1.13. The van der Waals surface area contributed by atoms with Crippen molar-refractivity contribution in [3.8, 4) is 0 Å². The van der Waals surface area contributed by atoms with Gasteiger partial charge in [-0.05, 0) is 44.1 Å². The van der Waals surface area contributed by atoms with Gasteiger partial charge in [-0.3, -0.25) is 4.90 Å². The second-order valence-electron chi connectivity index (χ2n) is 5.35. The first-order valence-corrected chi connectivity index (χ1v) is 7.36. The van der Waals surface area contributed by atoms with Crippen molar-refractivity contribution < 1.29 is 0 Å². The zero-order valence-electron chi connectivity index (χ0n) is 12.3. The van der Waals surface area contributed by atoms with Crippen molar-refractivity contribution in [3.05, 3.63) is 23.9 Å². The Kier molecular flexibility index (Phi) is 4.77. The zero-order valence-corrected chi connectivity index (χ0v) is 12.3. The lowest BCUT2D eigenvalue weighted by Gasteiger charge is -2.26. The maximum Gasteiger partial charge on any atom is 0.128 e. The second-order valence-corrected chi connectivity index (χ2v) is 5.35. The van der Waals surface area contributed by atoms with Crippen LogP contribution in [0.4, 0.5) is 5.82 Å². The molecule has 2 rings (SSSR count). The average Bonchev–Trinajstić information content (AvgIpc) is 2.90. The van der Waals surface area contributed by atoms with Crippen LogP contribution in [0.15, 0.2) is 18.3 Å². The minimum absolute atomic E-state index is 0.0722. The number of nitrogens with zero attached hydrogens (tertiary/aromatic N) is 3. The van der Waals surface area contributed by atoms with Crippen molar-refractivity contribution in [2.45, 2.75) is 39.3 Å². The molecule has 0 aliphatic carbocycles. The molecule has 0 amide bonds. The SMILES string of the molecule is CCN(CC)C1CCN(c2cc(C(C)N)ccn2)C1. The predicted molar refractivity (Wildman–Crippen MR) is 80.4 cm³/mol. The lowest BCUT2D eigenvalue weighted by Crippen LogP contribution is -2.37. The quantitative estimate of drug-likeness (QED) is 0.882. The third-order valence-electron chi connectivity index (χ3n) is 4.11. The van der Waals surface area contributed by atoms with Gasteiger partial charge in [-0.2, -0.15) is 0 Å². The normalized spacial score (nSPS) is 21.1. The highest BCUT2D eigenvalue weighted by molar-refractivity contribution is 5.43. The number of anilines is 1. The summed E-state index contributed by atoms with van der Waals surface area (Å²) in [6, 6.07) is 4.88. The summed E-state index contributed by atoms with van der Waals surface area (Å²) < 4.78 is 0. The smallest absolute Gasteiger partial charge is 0.128 e. The Labute approximate surface area is 116 Å². The molecule has 1 saturated heterocycles. The highest BCUT2D eigenvalue weighted by Crippen LogP contribution is 2.23. The number of nitrogens with two attached hydrogens (primary N) is 1. The molecule has 2 atom stereocenters. The van der Waals surface area contributed by atoms with Crippen LogP contribution in [0.5, 0.6) is 0 Å². The topological polar surface area (TPSA) is 45.4 Å². The Balaban J connectivity index is 2.06. The van der Waals surface area contributed by atoms with Gasteiger partial charge in [-0.1, -0.05) is 13.8 Å². The van der Waals surface area contributed by atoms with Gasteiger partial charge in [-0.25, -0.2) is 4.98 Å². The van der Waals surface area contributed by atoms with Gasteiger partial charge in [0.1, 0.15) is 5.82 Å². The first-order chi connectivity index (χ1) is 9.15. The van der Waals surface area contributed by atoms with E-state index in [1.807, 2.05) is 19.2 Å². The highest BCUT2D eigenvalue weighted by Gasteiger charge is 2.26. The van der Waals surface area contributed by atoms with E-state index in [2.05, 4.69) is 34.7 Å². The van der Waals surface area contributed by atoms with Crippen LogP contribution >= 0.6 is 0 Å². The highest BCUT2D eigenvalue weighted by atomic mass is 15.3. The fourth-order valence-corrected chi connectivity index (χ4v) is 2.88. The largest absolute Gasteiger partial charge is 0.355 e. The van der Waals surface area contributed by atoms with Crippen molar-refractivity contribution >= 4 is 5.82 Å². The van der Waals surface area contributed by atoms with Crippen LogP contribution in [0, 0.1) is 0 Å². The van der Waals surface area contributed by atoms with Gasteiger partial charge in [-0.15, -0.1) is 0 Å². The summed E-state index contributed by atoms with van der Waals surface area (Å²) in [4.78, 5) is 9.42. The third-order valence-corrected chi connectivity index (χ3v) is 4.11. The summed E-state index contributed by atoms with van der Waals surface area (Å²) in [6.45, 7) is 10.9. The van der Waals surface area contributed by atoms with Crippen LogP contribution in [0.25, 0.3) is 0 Å². The van der Waals surface area contributed by atoms with E-state index in [4.69, 9.17) is 5.73 Å². The van der Waals surface area contributed by atoms with Crippen LogP contribution < -0.4 is 10.6 Å². The molecule has 1 fully saturated rings. The van der Waals surface area contributed by atoms with Crippen molar-refractivity contribution in [1.29, 1.82) is 0 Å². The van der Waals surface area contributed by atoms with Crippen LogP contribution in [-0.4, -0.2) is 42.1 Å². The molecule has 0 radical (unpaired) electrons. The Morgan fingerprint density at radius 3 is 2.84 bits per heavy atom. The molecule has 0 saturated carbocycles. The molecule has 4 heteroatoms. The predicted octanol–water partition coefficient (Wildman–Crippen LogP) is 2.02. The molecule has 1 aliphatic rings. The van der Waals surface area contributed by atoms with Gasteiger partial charge >= 0.3 is 0 Å². The third kappa shape index (κ3) is 3.25. The van der Waals surface area contributed by atoms with Crippen LogP contribution in [-0.2, 0) is 0 Å². The minimum atomic E-state index is 0.0722. The molecule has 1 aliphatic heterocycles. The number of hydrogen-bond acceptors (Lipinski definition) is 4. The van der Waals surface area contributed by atoms with Gasteiger partial charge < -0.3 is 10.6 Å². The lowest BCUT2D eigenvalue weighted by atomic mass is 10.1. The first-order valence-electron chi connectivity index (χ1n) is 7.36. The van der Waals surface area contributed by atoms with E-state index in [0.29, 0.717) is 6.04 Å². The molecule has 2 unspecified atom stereocenters. The number of rotatable bonds is 5. The minimum Gasteiger partial charge on any atom is -0.355 e. The van der Waals surface area contributed by atoms with Crippen LogP contribution in [0.1, 0.15) is 38.8 Å². The van der Waals surface area contributed by atoms with E-state index >= 15 is 0 Å². The molecule has 2 heterocycles. The molecular weight excluding hydrogens is 236 g/mol. The zero-order chi connectivity index (χ0) is 13.8. The van der Waals surface area contributed by atoms with Crippen LogP contribution in [0.3, 0.4) is 0 Å². The number of likely N-dealkylation sites (N-methyl/N-ethyl adjacent to an activating group) is 1. The van der Waals surface area contributed by atoms with Gasteiger partial charge in [0, 0.05) is 31.4 Å². The maximum atomic E-state index is 5.95. The van der Waals surface area contributed by atoms with Gasteiger partial charge in [0.2, 0.25) is 0 Å². The molecule has 19 heavy (non-hydrogen) atoms. The molecule has 1 aromatic rings. The average molecular weight is 262 g/mol. The Morgan fingerprint density at radius 1 is 1.47 bits per heavy atom. The van der Waals surface area contributed by atoms with Crippen LogP contribution in [0.2, 0.25) is 0 Å². The molecule has 106 valence electrons. The molecule has 2 N–H and O–H groups in total. The van der Waals surface area contributed by atoms with E-state index in [9.17, 15) is 0 Å². The van der Waals surface area contributed by atoms with Crippen molar-refractivity contribution in [3.63, 3.8) is 0 Å². The molecular formula is C15H26N4. The molecule has 0 bridgehead atoms. The number of aromatic nitrogens is 1. The van der Waals surface area contributed by atoms with E-state index in [1.165, 1.54) is 6.42 Å². The summed E-state index contributed by atoms with van der Waals surface area (Å²) in [6.07, 6.45) is 3.10. The summed E-state index contributed by atoms with van der Waals surface area (Å²) >= 11 is 0. The van der Waals surface area contributed by atoms with E-state index < -0.39 is 0 Å². The lowest BCUT2D eigenvalue weighted by molar-refractivity contribution is 0.232. The van der Waals surface area contributed by atoms with Gasteiger partial charge in [0.15, 0.2) is 0 Å². The molecule has 1 aromatic heterocycles. The van der Waals surface area contributed by atoms with E-state index in [0.717, 1.165) is 37.6 Å². The molecule has 0 spiro atoms. The van der Waals surface area contributed by atoms with E-state index in [1.54, 1.807) is 0 Å². The van der Waals surface area contributed by atoms with Crippen molar-refractivity contribution in [1.82, 2.24) is 9.88 Å². The Morgan fingerprint density at radius 2 is 2.21 bits per heavy atom. The summed E-state index contributed by atoms with van der Waals surface area (Å²) in [5.74, 6) is 1.07. The van der Waals surface area contributed by atoms with Gasteiger partial charge in [0.05, 0.1) is 0 Å². The first kappa shape index (κ1) is 14.3. The number of hydrogen-bond donors (Lipinski definition) is 1. The second kappa shape index (κ2) is 6.35. The monoisotopic (exact) mass is 262 g/mol. The summed E-state index contributed by atoms with van der Waals surface area (Å²) in [7, 11) is 0. The standard InChI is InChI=1S/C15H26N4/c1-4-18(5-2)14-7-9-19(11-14)15-10-13(12(3)16)6-8-17-15/h6,8,10,12,14H,4-5,7,9,11,16H2,1-3H3. The fraction of sp³-hybridized carbons (Fsp3) is 0.667. The summed E-state index contributed by atoms with van der Waals surface area (Å²) in [5, 5.41) is 0. The maximum absolute atomic E-state index is 5.95. The summed E-state index contributed by atoms with van der Waals surface area (Å²) in [5.41, 5.74) is 7.11. The fourth-order valence-electron chi connectivity index (χ4n) is 2.88.